The molecule has 2 aliphatic heterocycles. The van der Waals surface area contributed by atoms with Crippen molar-refractivity contribution in [2.45, 2.75) is 0 Å². The van der Waals surface area contributed by atoms with Crippen LogP contribution in [0, 0.1) is 0 Å². The molecule has 44 heavy (non-hydrogen) atoms. The second kappa shape index (κ2) is 9.52. The van der Waals surface area contributed by atoms with Crippen molar-refractivity contribution in [3.8, 4) is 0 Å². The summed E-state index contributed by atoms with van der Waals surface area (Å²) in [7, 11) is 4.48. The molecule has 2 aliphatic rings. The van der Waals surface area contributed by atoms with Crippen LogP contribution >= 0.6 is 0 Å². The van der Waals surface area contributed by atoms with Gasteiger partial charge in [0, 0.05) is 59.0 Å². The van der Waals surface area contributed by atoms with Gasteiger partial charge in [0.15, 0.2) is 0 Å². The average molecular weight is 564 g/mol. The van der Waals surface area contributed by atoms with E-state index >= 15 is 0 Å². The minimum atomic E-state index is 0.127. The molecule has 0 bridgehead atoms. The number of rotatable bonds is 3. The summed E-state index contributed by atoms with van der Waals surface area (Å²) >= 11 is 0. The SMILES string of the molecule is CN1c2cc(N(c3ccccc3)c3ccccc3)cc3c2B(c2ccc4ccccc4c21)c1ccc2ccccc2c1N3C. The molecule has 2 heterocycles. The van der Waals surface area contributed by atoms with Gasteiger partial charge >= 0.3 is 0 Å². The second-order valence-corrected chi connectivity index (χ2v) is 11.9. The van der Waals surface area contributed by atoms with Gasteiger partial charge in [-0.15, -0.1) is 0 Å². The summed E-state index contributed by atoms with van der Waals surface area (Å²) in [4.78, 5) is 7.25. The van der Waals surface area contributed by atoms with Crippen LogP contribution in [0.15, 0.2) is 146 Å². The van der Waals surface area contributed by atoms with E-state index < -0.39 is 0 Å². The fourth-order valence-electron chi connectivity index (χ4n) is 7.67. The van der Waals surface area contributed by atoms with E-state index in [2.05, 4.69) is 174 Å². The first-order valence-electron chi connectivity index (χ1n) is 15.3. The highest BCUT2D eigenvalue weighted by Crippen LogP contribution is 2.45. The van der Waals surface area contributed by atoms with E-state index in [4.69, 9.17) is 0 Å². The average Bonchev–Trinajstić information content (AvgIpc) is 3.08. The van der Waals surface area contributed by atoms with Gasteiger partial charge in [-0.25, -0.2) is 0 Å². The fraction of sp³-hybridized carbons (Fsp3) is 0.0500. The van der Waals surface area contributed by atoms with E-state index in [-0.39, 0.29) is 6.71 Å². The Hall–Kier alpha value is -5.48. The maximum Gasteiger partial charge on any atom is 0.252 e. The molecule has 0 aromatic heterocycles. The minimum Gasteiger partial charge on any atom is -0.345 e. The zero-order valence-electron chi connectivity index (χ0n) is 24.8. The molecule has 4 heteroatoms. The first-order valence-corrected chi connectivity index (χ1v) is 15.3. The van der Waals surface area contributed by atoms with Crippen LogP contribution in [-0.2, 0) is 0 Å². The van der Waals surface area contributed by atoms with Crippen molar-refractivity contribution in [3.05, 3.63) is 146 Å². The van der Waals surface area contributed by atoms with Gasteiger partial charge in [0.25, 0.3) is 6.71 Å². The molecule has 0 atom stereocenters. The van der Waals surface area contributed by atoms with E-state index in [0.29, 0.717) is 0 Å². The smallest absolute Gasteiger partial charge is 0.252 e. The molecule has 0 saturated carbocycles. The van der Waals surface area contributed by atoms with Crippen LogP contribution in [0.4, 0.5) is 39.8 Å². The van der Waals surface area contributed by atoms with Crippen LogP contribution in [0.3, 0.4) is 0 Å². The van der Waals surface area contributed by atoms with Gasteiger partial charge < -0.3 is 14.7 Å². The summed E-state index contributed by atoms with van der Waals surface area (Å²) in [6, 6.07) is 53.1. The van der Waals surface area contributed by atoms with Crippen LogP contribution in [-0.4, -0.2) is 20.8 Å². The van der Waals surface area contributed by atoms with Crippen molar-refractivity contribution in [1.29, 1.82) is 0 Å². The normalized spacial score (nSPS) is 13.1. The molecule has 0 N–H and O–H groups in total. The largest absolute Gasteiger partial charge is 0.345 e. The van der Waals surface area contributed by atoms with Crippen LogP contribution < -0.4 is 31.1 Å². The van der Waals surface area contributed by atoms with Crippen LogP contribution in [0.25, 0.3) is 21.5 Å². The second-order valence-electron chi connectivity index (χ2n) is 11.9. The molecule has 0 amide bonds. The van der Waals surface area contributed by atoms with Gasteiger partial charge in [-0.2, -0.15) is 0 Å². The Morgan fingerprint density at radius 1 is 0.455 bits per heavy atom. The van der Waals surface area contributed by atoms with E-state index in [9.17, 15) is 0 Å². The summed E-state index contributed by atoms with van der Waals surface area (Å²) in [5.41, 5.74) is 12.6. The highest BCUT2D eigenvalue weighted by Gasteiger charge is 2.42. The van der Waals surface area contributed by atoms with Crippen molar-refractivity contribution >= 4 is 84.5 Å². The third kappa shape index (κ3) is 3.51. The lowest BCUT2D eigenvalue weighted by molar-refractivity contribution is 1.18. The predicted molar refractivity (Wildman–Crippen MR) is 190 cm³/mol. The zero-order chi connectivity index (χ0) is 29.4. The monoisotopic (exact) mass is 563 g/mol. The van der Waals surface area contributed by atoms with Gasteiger partial charge in [0.1, 0.15) is 0 Å². The summed E-state index contributed by atoms with van der Waals surface area (Å²) in [5.74, 6) is 0. The first-order chi connectivity index (χ1) is 21.7. The number of hydrogen-bond donors (Lipinski definition) is 0. The predicted octanol–water partition coefficient (Wildman–Crippen LogP) is 8.14. The third-order valence-corrected chi connectivity index (χ3v) is 9.58. The van der Waals surface area contributed by atoms with Crippen LogP contribution in [0.2, 0.25) is 0 Å². The molecular formula is C40H30BN3. The van der Waals surface area contributed by atoms with E-state index in [1.165, 1.54) is 60.7 Å². The highest BCUT2D eigenvalue weighted by atomic mass is 15.2. The Bertz CT molecular complexity index is 2070. The molecule has 0 aliphatic carbocycles. The number of anilines is 7. The molecule has 0 radical (unpaired) electrons. The topological polar surface area (TPSA) is 9.72 Å². The number of nitrogens with zero attached hydrogens (tertiary/aromatic N) is 3. The van der Waals surface area contributed by atoms with Crippen LogP contribution in [0.5, 0.6) is 0 Å². The van der Waals surface area contributed by atoms with Gasteiger partial charge in [0.2, 0.25) is 0 Å². The zero-order valence-corrected chi connectivity index (χ0v) is 24.8. The number of fused-ring (bicyclic) bond motifs is 8. The molecule has 0 spiro atoms. The quantitative estimate of drug-likeness (QED) is 0.201. The molecule has 7 aromatic rings. The Kier molecular flexibility index (Phi) is 5.42. The highest BCUT2D eigenvalue weighted by molar-refractivity contribution is 7.00. The lowest BCUT2D eigenvalue weighted by Crippen LogP contribution is -2.61. The summed E-state index contributed by atoms with van der Waals surface area (Å²) in [6.07, 6.45) is 0. The standard InChI is InChI=1S/C40H30BN3/c1-42-36-25-31(44(29-15-5-3-6-16-29)30-17-7-4-8-18-30)26-37-38(36)41(34-23-21-27-13-9-11-19-32(27)39(34)42)35-24-22-28-14-10-12-20-33(28)40(35)43(37)2/h3-26H,1-2H3. The Labute approximate surface area is 258 Å². The molecular weight excluding hydrogens is 533 g/mol. The Morgan fingerprint density at radius 2 is 0.886 bits per heavy atom. The van der Waals surface area contributed by atoms with Crippen molar-refractivity contribution in [2.75, 3.05) is 28.8 Å². The molecule has 3 nitrogen and oxygen atoms in total. The summed E-state index contributed by atoms with van der Waals surface area (Å²) < 4.78 is 0. The van der Waals surface area contributed by atoms with Crippen molar-refractivity contribution in [2.24, 2.45) is 0 Å². The number of hydrogen-bond acceptors (Lipinski definition) is 3. The van der Waals surface area contributed by atoms with Crippen molar-refractivity contribution in [1.82, 2.24) is 0 Å². The van der Waals surface area contributed by atoms with Gasteiger partial charge in [-0.05, 0) is 63.6 Å². The molecule has 0 unspecified atom stereocenters. The van der Waals surface area contributed by atoms with Gasteiger partial charge in [-0.3, -0.25) is 0 Å². The Balaban J connectivity index is 1.39. The lowest BCUT2D eigenvalue weighted by atomic mass is 9.33. The maximum absolute atomic E-state index is 2.44. The lowest BCUT2D eigenvalue weighted by Gasteiger charge is -2.43. The van der Waals surface area contributed by atoms with Gasteiger partial charge in [-0.1, -0.05) is 109 Å². The molecule has 7 aromatic carbocycles. The first kappa shape index (κ1) is 25.1. The van der Waals surface area contributed by atoms with Crippen molar-refractivity contribution in [3.63, 3.8) is 0 Å². The molecule has 0 fully saturated rings. The summed E-state index contributed by atoms with van der Waals surface area (Å²) in [6.45, 7) is 0.127. The number of para-hydroxylation sites is 2. The van der Waals surface area contributed by atoms with Crippen LogP contribution in [0.1, 0.15) is 0 Å². The van der Waals surface area contributed by atoms with Crippen molar-refractivity contribution < 1.29 is 0 Å². The minimum absolute atomic E-state index is 0.127. The van der Waals surface area contributed by atoms with E-state index in [1.807, 2.05) is 0 Å². The van der Waals surface area contributed by atoms with Gasteiger partial charge in [0.05, 0.1) is 5.69 Å². The number of benzene rings is 7. The third-order valence-electron chi connectivity index (χ3n) is 9.58. The van der Waals surface area contributed by atoms with E-state index in [1.54, 1.807) is 0 Å². The maximum atomic E-state index is 2.44. The summed E-state index contributed by atoms with van der Waals surface area (Å²) in [5, 5.41) is 5.10. The Morgan fingerprint density at radius 3 is 1.36 bits per heavy atom. The van der Waals surface area contributed by atoms with E-state index in [0.717, 1.165) is 17.1 Å². The fourth-order valence-corrected chi connectivity index (χ4v) is 7.67. The molecule has 0 saturated heterocycles. The molecule has 208 valence electrons. The molecule has 9 rings (SSSR count).